The Morgan fingerprint density at radius 2 is 1.69 bits per heavy atom. The lowest BCUT2D eigenvalue weighted by atomic mass is 10.2. The van der Waals surface area contributed by atoms with Crippen molar-refractivity contribution < 1.29 is 9.47 Å². The third kappa shape index (κ3) is 3.97. The number of aromatic nitrogens is 1. The number of rotatable bonds is 6. The Kier molecular flexibility index (Phi) is 5.42. The molecule has 0 saturated heterocycles. The molecule has 0 N–H and O–H groups in total. The van der Waals surface area contributed by atoms with Crippen LogP contribution in [0.4, 0.5) is 5.69 Å². The van der Waals surface area contributed by atoms with Crippen molar-refractivity contribution in [2.45, 2.75) is 27.3 Å². The molecule has 0 aliphatic heterocycles. The van der Waals surface area contributed by atoms with Gasteiger partial charge in [0.1, 0.15) is 17.2 Å². The van der Waals surface area contributed by atoms with Crippen molar-refractivity contribution in [3.05, 3.63) is 71.5 Å². The first-order chi connectivity index (χ1) is 12.6. The Bertz CT molecular complexity index is 908. The fourth-order valence-electron chi connectivity index (χ4n) is 2.99. The van der Waals surface area contributed by atoms with Crippen LogP contribution in [-0.4, -0.2) is 17.9 Å². The highest BCUT2D eigenvalue weighted by molar-refractivity contribution is 5.83. The zero-order valence-corrected chi connectivity index (χ0v) is 15.7. The highest BCUT2D eigenvalue weighted by atomic mass is 16.5. The van der Waals surface area contributed by atoms with Crippen LogP contribution in [0.2, 0.25) is 0 Å². The van der Waals surface area contributed by atoms with Crippen molar-refractivity contribution >= 4 is 11.9 Å². The van der Waals surface area contributed by atoms with E-state index in [0.717, 1.165) is 35.0 Å². The normalized spacial score (nSPS) is 11.1. The monoisotopic (exact) mass is 348 g/mol. The van der Waals surface area contributed by atoms with Crippen molar-refractivity contribution in [1.29, 1.82) is 0 Å². The van der Waals surface area contributed by atoms with Crippen LogP contribution in [0.5, 0.6) is 17.2 Å². The summed E-state index contributed by atoms with van der Waals surface area (Å²) in [5.41, 5.74) is 4.55. The van der Waals surface area contributed by atoms with E-state index in [1.165, 1.54) is 11.4 Å². The fraction of sp³-hybridized carbons (Fsp3) is 0.227. The molecular weight excluding hydrogens is 324 g/mol. The molecule has 0 unspecified atom stereocenters. The standard InChI is InChI=1S/C22H24N2O2/c1-5-24-16(2)13-18(17(24)3)15-23-19-9-11-20(12-10-19)26-22-8-6-7-21(14-22)25-4/h6-15H,5H2,1-4H3. The van der Waals surface area contributed by atoms with Gasteiger partial charge in [-0.3, -0.25) is 4.99 Å². The van der Waals surface area contributed by atoms with Crippen molar-refractivity contribution in [3.8, 4) is 17.2 Å². The molecule has 4 heteroatoms. The molecule has 134 valence electrons. The van der Waals surface area contributed by atoms with Crippen LogP contribution >= 0.6 is 0 Å². The van der Waals surface area contributed by atoms with E-state index in [1.807, 2.05) is 54.7 Å². The first-order valence-corrected chi connectivity index (χ1v) is 8.73. The zero-order chi connectivity index (χ0) is 18.5. The van der Waals surface area contributed by atoms with Crippen LogP contribution in [-0.2, 0) is 6.54 Å². The van der Waals surface area contributed by atoms with Crippen molar-refractivity contribution in [2.75, 3.05) is 7.11 Å². The predicted molar refractivity (Wildman–Crippen MR) is 106 cm³/mol. The van der Waals surface area contributed by atoms with E-state index in [2.05, 4.69) is 36.4 Å². The minimum Gasteiger partial charge on any atom is -0.497 e. The third-order valence-electron chi connectivity index (χ3n) is 4.40. The Labute approximate surface area is 154 Å². The first-order valence-electron chi connectivity index (χ1n) is 8.73. The number of aryl methyl sites for hydroxylation is 1. The molecule has 0 aliphatic carbocycles. The second-order valence-corrected chi connectivity index (χ2v) is 6.10. The molecular formula is C22H24N2O2. The Hall–Kier alpha value is -3.01. The van der Waals surface area contributed by atoms with Gasteiger partial charge in [0.05, 0.1) is 12.8 Å². The van der Waals surface area contributed by atoms with E-state index in [1.54, 1.807) is 7.11 Å². The quantitative estimate of drug-likeness (QED) is 0.538. The molecule has 0 saturated carbocycles. The van der Waals surface area contributed by atoms with Gasteiger partial charge in [0.2, 0.25) is 0 Å². The molecule has 0 amide bonds. The highest BCUT2D eigenvalue weighted by Gasteiger charge is 2.05. The van der Waals surface area contributed by atoms with E-state index < -0.39 is 0 Å². The van der Waals surface area contributed by atoms with Crippen molar-refractivity contribution in [3.63, 3.8) is 0 Å². The van der Waals surface area contributed by atoms with Gasteiger partial charge < -0.3 is 14.0 Å². The lowest BCUT2D eigenvalue weighted by Crippen LogP contribution is -1.99. The molecule has 1 aromatic heterocycles. The molecule has 3 rings (SSSR count). The smallest absolute Gasteiger partial charge is 0.131 e. The summed E-state index contributed by atoms with van der Waals surface area (Å²) >= 11 is 0. The summed E-state index contributed by atoms with van der Waals surface area (Å²) in [5.74, 6) is 2.28. The van der Waals surface area contributed by atoms with Crippen molar-refractivity contribution in [2.24, 2.45) is 4.99 Å². The molecule has 0 aliphatic rings. The van der Waals surface area contributed by atoms with Crippen LogP contribution in [0.1, 0.15) is 23.9 Å². The maximum absolute atomic E-state index is 5.86. The average molecular weight is 348 g/mol. The van der Waals surface area contributed by atoms with E-state index in [9.17, 15) is 0 Å². The van der Waals surface area contributed by atoms with Crippen LogP contribution in [0.15, 0.2) is 59.6 Å². The minimum atomic E-state index is 0.743. The maximum atomic E-state index is 5.86. The number of aliphatic imine (C=N–C) groups is 1. The molecule has 26 heavy (non-hydrogen) atoms. The van der Waals surface area contributed by atoms with Gasteiger partial charge in [-0.05, 0) is 63.2 Å². The van der Waals surface area contributed by atoms with E-state index in [4.69, 9.17) is 9.47 Å². The lowest BCUT2D eigenvalue weighted by molar-refractivity contribution is 0.409. The Morgan fingerprint density at radius 3 is 2.35 bits per heavy atom. The average Bonchev–Trinajstić information content (AvgIpc) is 2.94. The Balaban J connectivity index is 1.71. The number of hydrogen-bond donors (Lipinski definition) is 0. The molecule has 4 nitrogen and oxygen atoms in total. The summed E-state index contributed by atoms with van der Waals surface area (Å²) in [6.45, 7) is 7.38. The van der Waals surface area contributed by atoms with Gasteiger partial charge in [-0.25, -0.2) is 0 Å². The zero-order valence-electron chi connectivity index (χ0n) is 15.7. The topological polar surface area (TPSA) is 35.8 Å². The van der Waals surface area contributed by atoms with Gasteiger partial charge in [-0.2, -0.15) is 0 Å². The van der Waals surface area contributed by atoms with Gasteiger partial charge in [0.15, 0.2) is 0 Å². The number of ether oxygens (including phenoxy) is 2. The molecule has 3 aromatic rings. The van der Waals surface area contributed by atoms with Crippen LogP contribution < -0.4 is 9.47 Å². The summed E-state index contributed by atoms with van der Waals surface area (Å²) in [4.78, 5) is 4.59. The Morgan fingerprint density at radius 1 is 0.962 bits per heavy atom. The van der Waals surface area contributed by atoms with Gasteiger partial charge in [-0.15, -0.1) is 0 Å². The molecule has 2 aromatic carbocycles. The first kappa shape index (κ1) is 17.8. The number of methoxy groups -OCH3 is 1. The molecule has 0 fully saturated rings. The molecule has 0 radical (unpaired) electrons. The summed E-state index contributed by atoms with van der Waals surface area (Å²) < 4.78 is 13.4. The maximum Gasteiger partial charge on any atom is 0.131 e. The largest absolute Gasteiger partial charge is 0.497 e. The molecule has 0 spiro atoms. The van der Waals surface area contributed by atoms with E-state index in [0.29, 0.717) is 0 Å². The van der Waals surface area contributed by atoms with Gasteiger partial charge >= 0.3 is 0 Å². The fourth-order valence-corrected chi connectivity index (χ4v) is 2.99. The van der Waals surface area contributed by atoms with E-state index >= 15 is 0 Å². The minimum absolute atomic E-state index is 0.743. The molecule has 1 heterocycles. The lowest BCUT2D eigenvalue weighted by Gasteiger charge is -2.07. The van der Waals surface area contributed by atoms with Crippen LogP contribution in [0.25, 0.3) is 0 Å². The second kappa shape index (κ2) is 7.91. The summed E-state index contributed by atoms with van der Waals surface area (Å²) in [6.07, 6.45) is 1.92. The highest BCUT2D eigenvalue weighted by Crippen LogP contribution is 2.26. The number of nitrogens with zero attached hydrogens (tertiary/aromatic N) is 2. The summed E-state index contributed by atoms with van der Waals surface area (Å²) in [6, 6.07) is 17.5. The summed E-state index contributed by atoms with van der Waals surface area (Å²) in [7, 11) is 1.64. The molecule has 0 atom stereocenters. The van der Waals surface area contributed by atoms with Crippen LogP contribution in [0.3, 0.4) is 0 Å². The number of benzene rings is 2. The van der Waals surface area contributed by atoms with Gasteiger partial charge in [0.25, 0.3) is 0 Å². The second-order valence-electron chi connectivity index (χ2n) is 6.10. The van der Waals surface area contributed by atoms with Gasteiger partial charge in [-0.1, -0.05) is 6.07 Å². The van der Waals surface area contributed by atoms with Gasteiger partial charge in [0, 0.05) is 35.8 Å². The molecule has 0 bridgehead atoms. The number of hydrogen-bond acceptors (Lipinski definition) is 3. The predicted octanol–water partition coefficient (Wildman–Crippen LogP) is 5.68. The van der Waals surface area contributed by atoms with E-state index in [-0.39, 0.29) is 0 Å². The summed E-state index contributed by atoms with van der Waals surface area (Å²) in [5, 5.41) is 0. The SMILES string of the molecule is CCn1c(C)cc(C=Nc2ccc(Oc3cccc(OC)c3)cc2)c1C. The van der Waals surface area contributed by atoms with Crippen molar-refractivity contribution in [1.82, 2.24) is 4.57 Å². The van der Waals surface area contributed by atoms with Crippen LogP contribution in [0, 0.1) is 13.8 Å². The third-order valence-corrected chi connectivity index (χ3v) is 4.40.